The van der Waals surface area contributed by atoms with Crippen LogP contribution in [0.25, 0.3) is 0 Å². The lowest BCUT2D eigenvalue weighted by Gasteiger charge is -2.40. The number of Topliss-reactive ketones (excluding diaryl/α,β-unsaturated/α-hetero) is 1. The largest absolute Gasteiger partial charge is 0.487 e. The van der Waals surface area contributed by atoms with Gasteiger partial charge >= 0.3 is 6.18 Å². The summed E-state index contributed by atoms with van der Waals surface area (Å²) in [6.45, 7) is 4.09. The molecule has 2 aliphatic rings. The number of rotatable bonds is 5. The third-order valence-electron chi connectivity index (χ3n) is 7.62. The maximum Gasteiger partial charge on any atom is 0.416 e. The number of nitrogens with two attached hydrogens (primary N) is 1. The molecular weight excluding hydrogens is 551 g/mol. The average Bonchev–Trinajstić information content (AvgIpc) is 2.93. The summed E-state index contributed by atoms with van der Waals surface area (Å²) in [5, 5.41) is 10.8. The number of hydrogen-bond acceptors (Lipinski definition) is 5. The molecule has 9 heteroatoms. The summed E-state index contributed by atoms with van der Waals surface area (Å²) in [7, 11) is 0. The summed E-state index contributed by atoms with van der Waals surface area (Å²) >= 11 is 6.26. The van der Waals surface area contributed by atoms with Gasteiger partial charge in [-0.3, -0.25) is 9.69 Å². The Kier molecular flexibility index (Phi) is 7.58. The first-order valence-corrected chi connectivity index (χ1v) is 13.5. The van der Waals surface area contributed by atoms with Crippen molar-refractivity contribution < 1.29 is 22.7 Å². The minimum Gasteiger partial charge on any atom is -0.487 e. The summed E-state index contributed by atoms with van der Waals surface area (Å²) in [6.07, 6.45) is -3.12. The van der Waals surface area contributed by atoms with Crippen LogP contribution in [0.3, 0.4) is 0 Å². The number of hydrogen-bond donors (Lipinski definition) is 1. The Bertz CT molecular complexity index is 1640. The molecule has 1 aliphatic heterocycles. The molecule has 3 aromatic rings. The van der Waals surface area contributed by atoms with E-state index in [4.69, 9.17) is 22.1 Å². The van der Waals surface area contributed by atoms with E-state index in [0.717, 1.165) is 34.4 Å². The summed E-state index contributed by atoms with van der Waals surface area (Å²) < 4.78 is 45.7. The first-order valence-electron chi connectivity index (χ1n) is 13.1. The van der Waals surface area contributed by atoms with Crippen LogP contribution in [0.1, 0.15) is 53.0 Å². The summed E-state index contributed by atoms with van der Waals surface area (Å²) in [5.41, 5.74) is 10.9. The lowest BCUT2D eigenvalue weighted by molar-refractivity contribution is -0.137. The SMILES string of the molecule is Cc1cc(C)c(C2C(C#N)=C(N)N(c3ccc(C(F)(F)F)cc3)C3=C2C(=O)CCC3)cc1COc1ccccc1Cl. The highest BCUT2D eigenvalue weighted by molar-refractivity contribution is 6.32. The molecule has 210 valence electrons. The fourth-order valence-electron chi connectivity index (χ4n) is 5.59. The predicted molar refractivity (Wildman–Crippen MR) is 151 cm³/mol. The molecule has 5 nitrogen and oxygen atoms in total. The Labute approximate surface area is 241 Å². The lowest BCUT2D eigenvalue weighted by atomic mass is 9.74. The molecule has 5 rings (SSSR count). The molecule has 0 saturated carbocycles. The second-order valence-corrected chi connectivity index (χ2v) is 10.6. The zero-order valence-corrected chi connectivity index (χ0v) is 23.2. The van der Waals surface area contributed by atoms with Crippen LogP contribution in [-0.2, 0) is 17.6 Å². The first kappa shape index (κ1) is 28.3. The number of carbonyl (C=O) groups excluding carboxylic acids is 1. The van der Waals surface area contributed by atoms with Gasteiger partial charge in [-0.2, -0.15) is 18.4 Å². The normalized spacial score (nSPS) is 17.4. The van der Waals surface area contributed by atoms with E-state index in [-0.39, 0.29) is 23.8 Å². The molecule has 2 N–H and O–H groups in total. The van der Waals surface area contributed by atoms with Gasteiger partial charge in [0.2, 0.25) is 0 Å². The highest BCUT2D eigenvalue weighted by Crippen LogP contribution is 2.47. The van der Waals surface area contributed by atoms with Crippen molar-refractivity contribution in [3.8, 4) is 11.8 Å². The van der Waals surface area contributed by atoms with Crippen LogP contribution in [0.2, 0.25) is 5.02 Å². The fourth-order valence-corrected chi connectivity index (χ4v) is 5.78. The molecule has 3 aromatic carbocycles. The predicted octanol–water partition coefficient (Wildman–Crippen LogP) is 7.86. The van der Waals surface area contributed by atoms with Crippen LogP contribution in [0.5, 0.6) is 5.75 Å². The number of aryl methyl sites for hydroxylation is 2. The monoisotopic (exact) mass is 577 g/mol. The Balaban J connectivity index is 1.61. The number of alkyl halides is 3. The molecule has 1 aliphatic carbocycles. The number of nitriles is 1. The quantitative estimate of drug-likeness (QED) is 0.334. The van der Waals surface area contributed by atoms with Crippen molar-refractivity contribution in [2.75, 3.05) is 4.90 Å². The van der Waals surface area contributed by atoms with E-state index in [1.165, 1.54) is 12.1 Å². The van der Waals surface area contributed by atoms with Gasteiger partial charge < -0.3 is 10.5 Å². The summed E-state index contributed by atoms with van der Waals surface area (Å²) in [4.78, 5) is 15.1. The third-order valence-corrected chi connectivity index (χ3v) is 7.93. The molecule has 1 unspecified atom stereocenters. The van der Waals surface area contributed by atoms with Crippen LogP contribution in [0.4, 0.5) is 18.9 Å². The molecule has 0 radical (unpaired) electrons. The first-order chi connectivity index (χ1) is 19.5. The maximum atomic E-state index is 13.5. The zero-order valence-electron chi connectivity index (χ0n) is 22.5. The minimum absolute atomic E-state index is 0.0968. The number of halogens is 4. The van der Waals surface area contributed by atoms with E-state index in [1.54, 1.807) is 17.0 Å². The van der Waals surface area contributed by atoms with Crippen molar-refractivity contribution in [2.45, 2.75) is 51.8 Å². The van der Waals surface area contributed by atoms with Crippen LogP contribution < -0.4 is 15.4 Å². The van der Waals surface area contributed by atoms with Crippen LogP contribution in [0, 0.1) is 25.2 Å². The molecule has 0 saturated heterocycles. The number of ketones is 1. The molecule has 1 heterocycles. The van der Waals surface area contributed by atoms with Gasteiger partial charge in [0.25, 0.3) is 0 Å². The zero-order chi connectivity index (χ0) is 29.5. The minimum atomic E-state index is -4.49. The van der Waals surface area contributed by atoms with Crippen molar-refractivity contribution in [3.05, 3.63) is 116 Å². The standard InChI is InChI=1S/C32H27ClF3N3O2/c1-18-14-19(2)23(15-20(18)17-41-28-9-4-3-6-25(28)33)29-24(16-37)31(38)39(26-7-5-8-27(40)30(26)29)22-12-10-21(11-13-22)32(34,35)36/h3-4,6,9-15,29H,5,7-8,17,38H2,1-2H3. The Hall–Kier alpha value is -4.22. The van der Waals surface area contributed by atoms with Gasteiger partial charge in [-0.1, -0.05) is 35.9 Å². The van der Waals surface area contributed by atoms with Crippen molar-refractivity contribution in [3.63, 3.8) is 0 Å². The molecule has 41 heavy (non-hydrogen) atoms. The summed E-state index contributed by atoms with van der Waals surface area (Å²) in [5.74, 6) is -0.190. The van der Waals surface area contributed by atoms with Crippen molar-refractivity contribution in [2.24, 2.45) is 5.73 Å². The molecular formula is C32H27ClF3N3O2. The molecule has 0 spiro atoms. The maximum absolute atomic E-state index is 13.5. The van der Waals surface area contributed by atoms with Crippen molar-refractivity contribution in [1.82, 2.24) is 0 Å². The second-order valence-electron chi connectivity index (χ2n) is 10.2. The van der Waals surface area contributed by atoms with E-state index in [2.05, 4.69) is 6.07 Å². The Morgan fingerprint density at radius 1 is 1.07 bits per heavy atom. The number of allylic oxidation sites excluding steroid dienone is 3. The van der Waals surface area contributed by atoms with E-state index in [0.29, 0.717) is 47.0 Å². The molecule has 0 aromatic heterocycles. The number of ether oxygens (including phenoxy) is 1. The second kappa shape index (κ2) is 11.0. The van der Waals surface area contributed by atoms with Gasteiger partial charge in [-0.15, -0.1) is 0 Å². The average molecular weight is 578 g/mol. The molecule has 1 atom stereocenters. The van der Waals surface area contributed by atoms with Gasteiger partial charge in [0.1, 0.15) is 18.2 Å². The number of carbonyl (C=O) groups is 1. The van der Waals surface area contributed by atoms with Crippen LogP contribution in [0.15, 0.2) is 83.3 Å². The van der Waals surface area contributed by atoms with Gasteiger partial charge in [-0.25, -0.2) is 0 Å². The molecule has 0 amide bonds. The Morgan fingerprint density at radius 2 is 1.78 bits per heavy atom. The topological polar surface area (TPSA) is 79.4 Å². The number of nitrogens with zero attached hydrogens (tertiary/aromatic N) is 2. The number of benzene rings is 3. The van der Waals surface area contributed by atoms with Crippen LogP contribution in [-0.4, -0.2) is 5.78 Å². The van der Waals surface area contributed by atoms with Crippen molar-refractivity contribution in [1.29, 1.82) is 5.26 Å². The molecule has 0 fully saturated rings. The number of para-hydroxylation sites is 1. The third kappa shape index (κ3) is 5.30. The van der Waals surface area contributed by atoms with E-state index >= 15 is 0 Å². The highest BCUT2D eigenvalue weighted by atomic mass is 35.5. The van der Waals surface area contributed by atoms with Gasteiger partial charge in [-0.05, 0) is 85.3 Å². The number of anilines is 1. The van der Waals surface area contributed by atoms with Gasteiger partial charge in [0.05, 0.1) is 28.1 Å². The van der Waals surface area contributed by atoms with Gasteiger partial charge in [0, 0.05) is 23.4 Å². The van der Waals surface area contributed by atoms with E-state index in [9.17, 15) is 23.2 Å². The Morgan fingerprint density at radius 3 is 2.44 bits per heavy atom. The van der Waals surface area contributed by atoms with Gasteiger partial charge in [0.15, 0.2) is 5.78 Å². The molecule has 0 bridgehead atoms. The lowest BCUT2D eigenvalue weighted by Crippen LogP contribution is -2.39. The van der Waals surface area contributed by atoms with E-state index in [1.807, 2.05) is 38.1 Å². The fraction of sp³-hybridized carbons (Fsp3) is 0.250. The van der Waals surface area contributed by atoms with Crippen LogP contribution >= 0.6 is 11.6 Å². The highest BCUT2D eigenvalue weighted by Gasteiger charge is 2.41. The summed E-state index contributed by atoms with van der Waals surface area (Å²) in [6, 6.07) is 17.9. The van der Waals surface area contributed by atoms with Crippen molar-refractivity contribution >= 4 is 23.1 Å². The smallest absolute Gasteiger partial charge is 0.416 e. The van der Waals surface area contributed by atoms with E-state index < -0.39 is 17.7 Å².